The summed E-state index contributed by atoms with van der Waals surface area (Å²) >= 11 is 0. The third-order valence-corrected chi connectivity index (χ3v) is 3.98. The van der Waals surface area contributed by atoms with Gasteiger partial charge in [0.05, 0.1) is 6.54 Å². The molecule has 2 aromatic carbocycles. The van der Waals surface area contributed by atoms with Gasteiger partial charge < -0.3 is 10.6 Å². The van der Waals surface area contributed by atoms with Gasteiger partial charge in [-0.15, -0.1) is 0 Å². The van der Waals surface area contributed by atoms with Gasteiger partial charge in [-0.3, -0.25) is 14.5 Å². The van der Waals surface area contributed by atoms with Gasteiger partial charge in [0.15, 0.2) is 0 Å². The van der Waals surface area contributed by atoms with E-state index >= 15 is 0 Å². The molecule has 0 radical (unpaired) electrons. The summed E-state index contributed by atoms with van der Waals surface area (Å²) in [6.45, 7) is 1.23. The van der Waals surface area contributed by atoms with Crippen molar-refractivity contribution in [1.82, 2.24) is 15.5 Å². The molecule has 2 rings (SSSR count). The Hall–Kier alpha value is -2.73. The summed E-state index contributed by atoms with van der Waals surface area (Å²) in [6, 6.07) is 13.8. The van der Waals surface area contributed by atoms with Gasteiger partial charge in [-0.05, 0) is 42.8 Å². The maximum absolute atomic E-state index is 13.5. The van der Waals surface area contributed by atoms with Gasteiger partial charge in [-0.1, -0.05) is 30.3 Å². The lowest BCUT2D eigenvalue weighted by atomic mass is 10.1. The Bertz CT molecular complexity index is 747. The maximum atomic E-state index is 13.5. The Morgan fingerprint density at radius 3 is 2.42 bits per heavy atom. The lowest BCUT2D eigenvalue weighted by Crippen LogP contribution is -2.35. The van der Waals surface area contributed by atoms with Crippen LogP contribution in [0.1, 0.15) is 21.5 Å². The molecule has 0 aromatic heterocycles. The molecule has 5 nitrogen and oxygen atoms in total. The van der Waals surface area contributed by atoms with Gasteiger partial charge in [-0.25, -0.2) is 4.39 Å². The SMILES string of the molecule is CNC(=O)c1ccc(CN(C)CC(=O)NCCc2ccccc2F)cc1. The van der Waals surface area contributed by atoms with Crippen LogP contribution in [0.15, 0.2) is 48.5 Å². The van der Waals surface area contributed by atoms with Crippen LogP contribution in [0, 0.1) is 5.82 Å². The molecular formula is C20H24FN3O2. The highest BCUT2D eigenvalue weighted by atomic mass is 19.1. The smallest absolute Gasteiger partial charge is 0.251 e. The summed E-state index contributed by atoms with van der Waals surface area (Å²) < 4.78 is 13.5. The number of carbonyl (C=O) groups is 2. The van der Waals surface area contributed by atoms with Gasteiger partial charge in [0, 0.05) is 25.7 Å². The summed E-state index contributed by atoms with van der Waals surface area (Å²) in [4.78, 5) is 25.4. The molecule has 0 heterocycles. The Morgan fingerprint density at radius 1 is 1.08 bits per heavy atom. The third kappa shape index (κ3) is 5.97. The predicted octanol–water partition coefficient (Wildman–Crippen LogP) is 1.98. The summed E-state index contributed by atoms with van der Waals surface area (Å²) in [6.07, 6.45) is 0.461. The van der Waals surface area contributed by atoms with Gasteiger partial charge in [0.1, 0.15) is 5.82 Å². The zero-order chi connectivity index (χ0) is 18.9. The Balaban J connectivity index is 1.74. The number of nitrogens with zero attached hydrogens (tertiary/aromatic N) is 1. The van der Waals surface area contributed by atoms with E-state index in [1.807, 2.05) is 24.1 Å². The molecule has 0 spiro atoms. The second kappa shape index (κ2) is 9.68. The van der Waals surface area contributed by atoms with Crippen LogP contribution in [-0.2, 0) is 17.8 Å². The molecule has 0 saturated carbocycles. The Labute approximate surface area is 153 Å². The topological polar surface area (TPSA) is 61.4 Å². The number of rotatable bonds is 8. The number of benzene rings is 2. The summed E-state index contributed by atoms with van der Waals surface area (Å²) in [7, 11) is 3.44. The van der Waals surface area contributed by atoms with Crippen molar-refractivity contribution in [3.8, 4) is 0 Å². The minimum atomic E-state index is -0.251. The van der Waals surface area contributed by atoms with Crippen LogP contribution in [0.25, 0.3) is 0 Å². The van der Waals surface area contributed by atoms with Crippen LogP contribution in [0.2, 0.25) is 0 Å². The van der Waals surface area contributed by atoms with Crippen molar-refractivity contribution in [1.29, 1.82) is 0 Å². The van der Waals surface area contributed by atoms with Crippen molar-refractivity contribution in [3.05, 3.63) is 71.0 Å². The van der Waals surface area contributed by atoms with E-state index in [1.54, 1.807) is 37.4 Å². The molecule has 6 heteroatoms. The van der Waals surface area contributed by atoms with Crippen molar-refractivity contribution >= 4 is 11.8 Å². The average Bonchev–Trinajstić information content (AvgIpc) is 2.63. The number of hydrogen-bond acceptors (Lipinski definition) is 3. The van der Waals surface area contributed by atoms with Gasteiger partial charge in [-0.2, -0.15) is 0 Å². The highest BCUT2D eigenvalue weighted by Gasteiger charge is 2.09. The van der Waals surface area contributed by atoms with Crippen molar-refractivity contribution in [2.24, 2.45) is 0 Å². The predicted molar refractivity (Wildman–Crippen MR) is 99.3 cm³/mol. The molecule has 0 aliphatic rings. The molecule has 2 aromatic rings. The van der Waals surface area contributed by atoms with E-state index in [9.17, 15) is 14.0 Å². The van der Waals surface area contributed by atoms with Crippen LogP contribution < -0.4 is 10.6 Å². The van der Waals surface area contributed by atoms with Crippen molar-refractivity contribution < 1.29 is 14.0 Å². The van der Waals surface area contributed by atoms with E-state index < -0.39 is 0 Å². The molecule has 2 N–H and O–H groups in total. The lowest BCUT2D eigenvalue weighted by molar-refractivity contribution is -0.122. The van der Waals surface area contributed by atoms with Crippen molar-refractivity contribution in [3.63, 3.8) is 0 Å². The monoisotopic (exact) mass is 357 g/mol. The van der Waals surface area contributed by atoms with Crippen molar-refractivity contribution in [2.45, 2.75) is 13.0 Å². The lowest BCUT2D eigenvalue weighted by Gasteiger charge is -2.16. The number of hydrogen-bond donors (Lipinski definition) is 2. The fourth-order valence-corrected chi connectivity index (χ4v) is 2.61. The van der Waals surface area contributed by atoms with Crippen LogP contribution in [0.3, 0.4) is 0 Å². The highest BCUT2D eigenvalue weighted by molar-refractivity contribution is 5.93. The molecule has 0 unspecified atom stereocenters. The maximum Gasteiger partial charge on any atom is 0.251 e. The van der Waals surface area contributed by atoms with Crippen LogP contribution in [-0.4, -0.2) is 43.9 Å². The van der Waals surface area contributed by atoms with Crippen LogP contribution in [0.5, 0.6) is 0 Å². The third-order valence-electron chi connectivity index (χ3n) is 3.98. The van der Waals surface area contributed by atoms with Crippen LogP contribution in [0.4, 0.5) is 4.39 Å². The fourth-order valence-electron chi connectivity index (χ4n) is 2.61. The Morgan fingerprint density at radius 2 is 1.77 bits per heavy atom. The molecular weight excluding hydrogens is 333 g/mol. The van der Waals surface area contributed by atoms with E-state index in [4.69, 9.17) is 0 Å². The zero-order valence-corrected chi connectivity index (χ0v) is 15.1. The van der Waals surface area contributed by atoms with Crippen LogP contribution >= 0.6 is 0 Å². The van der Waals surface area contributed by atoms with E-state index in [0.717, 1.165) is 5.56 Å². The van der Waals surface area contributed by atoms with E-state index in [-0.39, 0.29) is 24.2 Å². The minimum Gasteiger partial charge on any atom is -0.355 e. The normalized spacial score (nSPS) is 10.6. The second-order valence-electron chi connectivity index (χ2n) is 6.14. The molecule has 0 aliphatic heterocycles. The summed E-state index contributed by atoms with van der Waals surface area (Å²) in [5.41, 5.74) is 2.21. The molecule has 0 bridgehead atoms. The highest BCUT2D eigenvalue weighted by Crippen LogP contribution is 2.07. The van der Waals surface area contributed by atoms with Gasteiger partial charge in [0.2, 0.25) is 5.91 Å². The molecule has 0 atom stereocenters. The zero-order valence-electron chi connectivity index (χ0n) is 15.1. The van der Waals surface area contributed by atoms with Gasteiger partial charge in [0.25, 0.3) is 5.91 Å². The first-order valence-corrected chi connectivity index (χ1v) is 8.49. The number of amides is 2. The number of nitrogens with one attached hydrogen (secondary N) is 2. The van der Waals surface area contributed by atoms with Gasteiger partial charge >= 0.3 is 0 Å². The summed E-state index contributed by atoms with van der Waals surface area (Å²) in [5.74, 6) is -0.482. The minimum absolute atomic E-state index is 0.106. The number of likely N-dealkylation sites (N-methyl/N-ethyl adjacent to an activating group) is 1. The first-order valence-electron chi connectivity index (χ1n) is 8.49. The fraction of sp³-hybridized carbons (Fsp3) is 0.300. The molecule has 0 saturated heterocycles. The second-order valence-corrected chi connectivity index (χ2v) is 6.14. The standard InChI is InChI=1S/C20H24FN3O2/c1-22-20(26)17-9-7-15(8-10-17)13-24(2)14-19(25)23-12-11-16-5-3-4-6-18(16)21/h3-10H,11-14H2,1-2H3,(H,22,26)(H,23,25). The first-order chi connectivity index (χ1) is 12.5. The van der Waals surface area contributed by atoms with Crippen molar-refractivity contribution in [2.75, 3.05) is 27.2 Å². The van der Waals surface area contributed by atoms with E-state index in [2.05, 4.69) is 10.6 Å². The van der Waals surface area contributed by atoms with E-state index in [0.29, 0.717) is 30.6 Å². The molecule has 0 aliphatic carbocycles. The Kier molecular flexibility index (Phi) is 7.29. The molecule has 138 valence electrons. The summed E-state index contributed by atoms with van der Waals surface area (Å²) in [5, 5.41) is 5.38. The number of halogens is 1. The average molecular weight is 357 g/mol. The first kappa shape index (κ1) is 19.6. The molecule has 0 fully saturated rings. The molecule has 2 amide bonds. The van der Waals surface area contributed by atoms with E-state index in [1.165, 1.54) is 6.07 Å². The quantitative estimate of drug-likeness (QED) is 0.759. The largest absolute Gasteiger partial charge is 0.355 e. The number of carbonyl (C=O) groups excluding carboxylic acids is 2. The molecule has 26 heavy (non-hydrogen) atoms.